The number of carbonyl (C=O) groups excluding carboxylic acids is 2. The molecular weight excluding hydrogens is 400 g/mol. The van der Waals surface area contributed by atoms with Crippen molar-refractivity contribution in [2.75, 3.05) is 5.32 Å². The van der Waals surface area contributed by atoms with E-state index in [4.69, 9.17) is 10.7 Å². The van der Waals surface area contributed by atoms with Crippen LogP contribution in [0.3, 0.4) is 0 Å². The van der Waals surface area contributed by atoms with E-state index < -0.39 is 5.91 Å². The van der Waals surface area contributed by atoms with Gasteiger partial charge in [-0.3, -0.25) is 24.6 Å². The quantitative estimate of drug-likeness (QED) is 0.498. The molecule has 3 N–H and O–H groups in total. The smallest absolute Gasteiger partial charge is 0.258 e. The van der Waals surface area contributed by atoms with Gasteiger partial charge >= 0.3 is 0 Å². The minimum Gasteiger partial charge on any atom is -0.369 e. The van der Waals surface area contributed by atoms with E-state index in [0.29, 0.717) is 22.9 Å². The Balaban J connectivity index is 1.66. The number of nitrogens with one attached hydrogen (secondary N) is 1. The van der Waals surface area contributed by atoms with E-state index in [2.05, 4.69) is 15.4 Å². The summed E-state index contributed by atoms with van der Waals surface area (Å²) in [6.45, 7) is 4.39. The lowest BCUT2D eigenvalue weighted by Gasteiger charge is -2.10. The lowest BCUT2D eigenvalue weighted by Crippen LogP contribution is -2.15. The van der Waals surface area contributed by atoms with Crippen molar-refractivity contribution in [2.24, 2.45) is 5.73 Å². The Morgan fingerprint density at radius 1 is 1.13 bits per heavy atom. The zero-order valence-corrected chi connectivity index (χ0v) is 17.4. The fourth-order valence-corrected chi connectivity index (χ4v) is 3.98. The van der Waals surface area contributed by atoms with Gasteiger partial charge in [0, 0.05) is 16.5 Å². The summed E-state index contributed by atoms with van der Waals surface area (Å²) >= 11 is 1.25. The number of anilines is 1. The Labute approximate surface area is 176 Å². The number of thiazole rings is 1. The molecule has 3 heterocycles. The molecule has 0 fully saturated rings. The van der Waals surface area contributed by atoms with E-state index in [0.717, 1.165) is 28.0 Å². The summed E-state index contributed by atoms with van der Waals surface area (Å²) in [5.74, 6) is -0.754. The highest BCUT2D eigenvalue weighted by Gasteiger charge is 2.16. The van der Waals surface area contributed by atoms with Crippen LogP contribution in [0.15, 0.2) is 41.8 Å². The molecule has 0 aliphatic carbocycles. The van der Waals surface area contributed by atoms with Gasteiger partial charge in [-0.2, -0.15) is 5.10 Å². The van der Waals surface area contributed by atoms with Crippen LogP contribution in [0, 0.1) is 13.8 Å². The third-order valence-electron chi connectivity index (χ3n) is 4.56. The Morgan fingerprint density at radius 2 is 1.93 bits per heavy atom. The molecular formula is C21H20N6O2S. The van der Waals surface area contributed by atoms with Gasteiger partial charge in [-0.1, -0.05) is 18.2 Å². The second-order valence-electron chi connectivity index (χ2n) is 7.00. The number of pyridine rings is 1. The van der Waals surface area contributed by atoms with Gasteiger partial charge in [0.25, 0.3) is 5.91 Å². The van der Waals surface area contributed by atoms with Crippen LogP contribution in [-0.2, 0) is 17.8 Å². The number of rotatable bonds is 6. The fourth-order valence-electron chi connectivity index (χ4n) is 3.28. The molecule has 4 rings (SSSR count). The van der Waals surface area contributed by atoms with Gasteiger partial charge in [0.05, 0.1) is 41.1 Å². The lowest BCUT2D eigenvalue weighted by molar-refractivity contribution is -0.117. The normalized spacial score (nSPS) is 11.0. The van der Waals surface area contributed by atoms with E-state index in [1.54, 1.807) is 11.4 Å². The molecule has 0 atom stereocenters. The van der Waals surface area contributed by atoms with Crippen LogP contribution in [0.1, 0.15) is 33.1 Å². The Hall–Kier alpha value is -3.59. The van der Waals surface area contributed by atoms with Gasteiger partial charge < -0.3 is 5.73 Å². The minimum atomic E-state index is -0.466. The summed E-state index contributed by atoms with van der Waals surface area (Å²) in [4.78, 5) is 33.1. The Morgan fingerprint density at radius 3 is 2.67 bits per heavy atom. The van der Waals surface area contributed by atoms with E-state index in [9.17, 15) is 9.59 Å². The highest BCUT2D eigenvalue weighted by molar-refractivity contribution is 7.14. The number of para-hydroxylation sites is 1. The molecule has 0 aliphatic heterocycles. The van der Waals surface area contributed by atoms with E-state index in [1.807, 2.05) is 48.9 Å². The van der Waals surface area contributed by atoms with Crippen LogP contribution in [0.2, 0.25) is 0 Å². The number of nitrogens with two attached hydrogens (primary N) is 1. The Bertz CT molecular complexity index is 1260. The molecule has 0 bridgehead atoms. The van der Waals surface area contributed by atoms with Crippen molar-refractivity contribution in [1.82, 2.24) is 19.7 Å². The van der Waals surface area contributed by atoms with Gasteiger partial charge in [0.15, 0.2) is 5.13 Å². The average Bonchev–Trinajstić information content (AvgIpc) is 3.25. The molecule has 3 aromatic heterocycles. The number of aromatic nitrogens is 4. The molecule has 9 heteroatoms. The summed E-state index contributed by atoms with van der Waals surface area (Å²) in [5.41, 5.74) is 9.67. The number of amides is 2. The maximum atomic E-state index is 13.0. The number of hydrogen-bond acceptors (Lipinski definition) is 6. The van der Waals surface area contributed by atoms with Gasteiger partial charge in [-0.05, 0) is 32.0 Å². The number of primary amides is 1. The Kier molecular flexibility index (Phi) is 5.28. The summed E-state index contributed by atoms with van der Waals surface area (Å²) in [6.07, 6.45) is 0.0390. The molecule has 1 aromatic carbocycles. The molecule has 0 aliphatic rings. The molecule has 0 unspecified atom stereocenters. The van der Waals surface area contributed by atoms with Crippen molar-refractivity contribution in [3.8, 4) is 0 Å². The van der Waals surface area contributed by atoms with Crippen molar-refractivity contribution in [2.45, 2.75) is 26.8 Å². The predicted molar refractivity (Wildman–Crippen MR) is 116 cm³/mol. The molecule has 0 saturated carbocycles. The number of carbonyl (C=O) groups is 2. The average molecular weight is 420 g/mol. The van der Waals surface area contributed by atoms with Crippen LogP contribution in [0.5, 0.6) is 0 Å². The third kappa shape index (κ3) is 4.20. The second kappa shape index (κ2) is 8.03. The summed E-state index contributed by atoms with van der Waals surface area (Å²) < 4.78 is 1.87. The van der Waals surface area contributed by atoms with Crippen molar-refractivity contribution >= 4 is 39.2 Å². The highest BCUT2D eigenvalue weighted by Crippen LogP contribution is 2.22. The largest absolute Gasteiger partial charge is 0.369 e. The number of hydrogen-bond donors (Lipinski definition) is 2. The van der Waals surface area contributed by atoms with Crippen LogP contribution in [0.4, 0.5) is 5.13 Å². The highest BCUT2D eigenvalue weighted by atomic mass is 32.1. The van der Waals surface area contributed by atoms with Gasteiger partial charge in [0.1, 0.15) is 0 Å². The topological polar surface area (TPSA) is 116 Å². The second-order valence-corrected chi connectivity index (χ2v) is 7.86. The molecule has 152 valence electrons. The van der Waals surface area contributed by atoms with Crippen LogP contribution < -0.4 is 11.1 Å². The molecule has 2 amide bonds. The molecule has 4 aromatic rings. The van der Waals surface area contributed by atoms with Crippen molar-refractivity contribution in [1.29, 1.82) is 0 Å². The standard InChI is InChI=1S/C21H20N6O2S/c1-12-7-13(2)27(26-12)10-14-8-17(16-5-3-4-6-18(16)23-14)20(29)25-21-24-15(11-30-21)9-19(22)28/h3-8,11H,9-10H2,1-2H3,(H2,22,28)(H,24,25,29). The summed E-state index contributed by atoms with van der Waals surface area (Å²) in [7, 11) is 0. The zero-order valence-electron chi connectivity index (χ0n) is 16.5. The zero-order chi connectivity index (χ0) is 21.3. The maximum absolute atomic E-state index is 13.0. The van der Waals surface area contributed by atoms with Crippen molar-refractivity contribution < 1.29 is 9.59 Å². The van der Waals surface area contributed by atoms with E-state index in [1.165, 1.54) is 11.3 Å². The van der Waals surface area contributed by atoms with Crippen LogP contribution >= 0.6 is 11.3 Å². The first-order valence-corrected chi connectivity index (χ1v) is 10.2. The van der Waals surface area contributed by atoms with Crippen LogP contribution in [0.25, 0.3) is 10.9 Å². The minimum absolute atomic E-state index is 0.0390. The molecule has 0 radical (unpaired) electrons. The fraction of sp³-hybridized carbons (Fsp3) is 0.190. The summed E-state index contributed by atoms with van der Waals surface area (Å²) in [5, 5.41) is 10.2. The predicted octanol–water partition coefficient (Wildman–Crippen LogP) is 2.83. The monoisotopic (exact) mass is 420 g/mol. The number of fused-ring (bicyclic) bond motifs is 1. The lowest BCUT2D eigenvalue weighted by atomic mass is 10.1. The number of aryl methyl sites for hydroxylation is 2. The first-order chi connectivity index (χ1) is 14.4. The summed E-state index contributed by atoms with van der Waals surface area (Å²) in [6, 6.07) is 11.3. The van der Waals surface area contributed by atoms with Gasteiger partial charge in [-0.15, -0.1) is 11.3 Å². The van der Waals surface area contributed by atoms with Crippen molar-refractivity contribution in [3.05, 3.63) is 70.1 Å². The van der Waals surface area contributed by atoms with Crippen LogP contribution in [-0.4, -0.2) is 31.6 Å². The SMILES string of the molecule is Cc1cc(C)n(Cc2cc(C(=O)Nc3nc(CC(N)=O)cs3)c3ccccc3n2)n1. The molecule has 0 spiro atoms. The number of nitrogens with zero attached hydrogens (tertiary/aromatic N) is 4. The van der Waals surface area contributed by atoms with Gasteiger partial charge in [0.2, 0.25) is 5.91 Å². The third-order valence-corrected chi connectivity index (χ3v) is 5.36. The van der Waals surface area contributed by atoms with E-state index in [-0.39, 0.29) is 12.3 Å². The molecule has 8 nitrogen and oxygen atoms in total. The van der Waals surface area contributed by atoms with Gasteiger partial charge in [-0.25, -0.2) is 4.98 Å². The maximum Gasteiger partial charge on any atom is 0.258 e. The number of benzene rings is 1. The van der Waals surface area contributed by atoms with Crippen molar-refractivity contribution in [3.63, 3.8) is 0 Å². The first kappa shape index (κ1) is 19.7. The first-order valence-electron chi connectivity index (χ1n) is 9.33. The molecule has 0 saturated heterocycles. The molecule has 30 heavy (non-hydrogen) atoms. The van der Waals surface area contributed by atoms with E-state index >= 15 is 0 Å².